The minimum absolute atomic E-state index is 0.872. The molecule has 11 rings (SSSR count). The van der Waals surface area contributed by atoms with Crippen LogP contribution in [0.2, 0.25) is 0 Å². The molecule has 2 aliphatic carbocycles. The van der Waals surface area contributed by atoms with Crippen molar-refractivity contribution in [1.82, 2.24) is 0 Å². The van der Waals surface area contributed by atoms with Gasteiger partial charge in [0.15, 0.2) is 5.58 Å². The van der Waals surface area contributed by atoms with E-state index in [4.69, 9.17) is 4.42 Å². The summed E-state index contributed by atoms with van der Waals surface area (Å²) in [7, 11) is 0. The Hall–Kier alpha value is -6.64. The summed E-state index contributed by atoms with van der Waals surface area (Å²) in [5, 5.41) is 2.23. The second-order valence-corrected chi connectivity index (χ2v) is 13.2. The molecule has 0 aliphatic heterocycles. The Morgan fingerprint density at radius 3 is 1.68 bits per heavy atom. The molecule has 0 amide bonds. The molecule has 0 spiro atoms. The van der Waals surface area contributed by atoms with Gasteiger partial charge in [-0.15, -0.1) is 0 Å². The molecule has 8 aromatic carbocycles. The zero-order chi connectivity index (χ0) is 32.8. The van der Waals surface area contributed by atoms with Gasteiger partial charge in [-0.05, 0) is 91.5 Å². The normalized spacial score (nSPS) is 12.0. The molecular weight excluding hydrogens is 607 g/mol. The van der Waals surface area contributed by atoms with Crippen molar-refractivity contribution in [3.8, 4) is 66.8 Å². The molecule has 0 radical (unpaired) electrons. The molecule has 1 aromatic heterocycles. The summed E-state index contributed by atoms with van der Waals surface area (Å²) in [6.45, 7) is 0. The van der Waals surface area contributed by atoms with E-state index in [0.29, 0.717) is 0 Å². The van der Waals surface area contributed by atoms with Gasteiger partial charge in [0.05, 0.1) is 11.4 Å². The molecule has 0 N–H and O–H groups in total. The third kappa shape index (κ3) is 3.79. The van der Waals surface area contributed by atoms with Gasteiger partial charge >= 0.3 is 0 Å². The Balaban J connectivity index is 1.24. The van der Waals surface area contributed by atoms with Crippen LogP contribution in [0.1, 0.15) is 0 Å². The second kappa shape index (κ2) is 10.4. The summed E-state index contributed by atoms with van der Waals surface area (Å²) in [6.07, 6.45) is 0. The van der Waals surface area contributed by atoms with Gasteiger partial charge in [0.25, 0.3) is 0 Å². The highest BCUT2D eigenvalue weighted by Gasteiger charge is 2.31. The van der Waals surface area contributed by atoms with Gasteiger partial charge in [-0.25, -0.2) is 0 Å². The van der Waals surface area contributed by atoms with E-state index in [1.54, 1.807) is 0 Å². The third-order valence-electron chi connectivity index (χ3n) is 10.6. The lowest BCUT2D eigenvalue weighted by Gasteiger charge is -2.29. The standard InChI is InChI=1S/C48H29NO/c1-2-13-30(14-3-1)32-15-6-8-24-43(32)49(44-25-12-23-41-35-17-7-9-26-45(35)50-48(41)44)31-27-28-34-38-20-11-21-39-40-22-10-19-37(47(40)42(34)29-31)33-16-4-5-18-36(33)46(38)39/h1-29H. The Morgan fingerprint density at radius 1 is 0.340 bits per heavy atom. The quantitative estimate of drug-likeness (QED) is 0.191. The van der Waals surface area contributed by atoms with Gasteiger partial charge < -0.3 is 9.32 Å². The highest BCUT2D eigenvalue weighted by atomic mass is 16.3. The van der Waals surface area contributed by atoms with Crippen molar-refractivity contribution in [3.63, 3.8) is 0 Å². The molecule has 9 aromatic rings. The first-order valence-corrected chi connectivity index (χ1v) is 17.2. The van der Waals surface area contributed by atoms with E-state index in [9.17, 15) is 0 Å². The summed E-state index contributed by atoms with van der Waals surface area (Å²) in [4.78, 5) is 2.40. The third-order valence-corrected chi connectivity index (χ3v) is 10.6. The topological polar surface area (TPSA) is 16.4 Å². The number of furan rings is 1. The maximum atomic E-state index is 6.71. The molecular formula is C48H29NO. The van der Waals surface area contributed by atoms with Crippen molar-refractivity contribution in [2.24, 2.45) is 0 Å². The molecule has 0 unspecified atom stereocenters. The van der Waals surface area contributed by atoms with E-state index < -0.39 is 0 Å². The maximum absolute atomic E-state index is 6.71. The first-order chi connectivity index (χ1) is 24.8. The number of rotatable bonds is 4. The summed E-state index contributed by atoms with van der Waals surface area (Å²) in [5.74, 6) is 0. The molecule has 1 heterocycles. The highest BCUT2D eigenvalue weighted by Crippen LogP contribution is 2.58. The largest absolute Gasteiger partial charge is 0.454 e. The van der Waals surface area contributed by atoms with Crippen molar-refractivity contribution in [2.75, 3.05) is 4.90 Å². The van der Waals surface area contributed by atoms with Gasteiger partial charge in [-0.1, -0.05) is 146 Å². The van der Waals surface area contributed by atoms with Crippen LogP contribution >= 0.6 is 0 Å². The summed E-state index contributed by atoms with van der Waals surface area (Å²) < 4.78 is 6.71. The van der Waals surface area contributed by atoms with Crippen LogP contribution in [-0.4, -0.2) is 0 Å². The van der Waals surface area contributed by atoms with E-state index in [-0.39, 0.29) is 0 Å². The lowest BCUT2D eigenvalue weighted by Crippen LogP contribution is -2.12. The Bertz CT molecular complexity index is 2800. The fourth-order valence-electron chi connectivity index (χ4n) is 8.48. The van der Waals surface area contributed by atoms with E-state index in [2.05, 4.69) is 175 Å². The van der Waals surface area contributed by atoms with Crippen molar-refractivity contribution < 1.29 is 4.42 Å². The number of hydrogen-bond donors (Lipinski definition) is 0. The Labute approximate surface area is 290 Å². The lowest BCUT2D eigenvalue weighted by molar-refractivity contribution is 0.669. The molecule has 0 atom stereocenters. The summed E-state index contributed by atoms with van der Waals surface area (Å²) >= 11 is 0. The van der Waals surface area contributed by atoms with Gasteiger partial charge in [0, 0.05) is 22.0 Å². The Kier molecular flexibility index (Phi) is 5.70. The highest BCUT2D eigenvalue weighted by molar-refractivity contribution is 6.16. The summed E-state index contributed by atoms with van der Waals surface area (Å²) in [6, 6.07) is 63.8. The smallest absolute Gasteiger partial charge is 0.159 e. The molecule has 0 saturated carbocycles. The summed E-state index contributed by atoms with van der Waals surface area (Å²) in [5.41, 5.74) is 20.0. The van der Waals surface area contributed by atoms with E-state index >= 15 is 0 Å². The molecule has 2 heteroatoms. The molecule has 6 bridgehead atoms. The molecule has 2 nitrogen and oxygen atoms in total. The van der Waals surface area contributed by atoms with Gasteiger partial charge in [0.2, 0.25) is 0 Å². The monoisotopic (exact) mass is 635 g/mol. The van der Waals surface area contributed by atoms with Crippen molar-refractivity contribution in [2.45, 2.75) is 0 Å². The first-order valence-electron chi connectivity index (χ1n) is 17.2. The van der Waals surface area contributed by atoms with Gasteiger partial charge in [-0.2, -0.15) is 0 Å². The SMILES string of the molecule is c1ccc(-c2ccccc2N(c2ccc3c(c2)-c2c4cccc2-c2cccc-3c2-c2ccccc2-4)c2cccc3c2oc2ccccc23)cc1. The predicted octanol–water partition coefficient (Wildman–Crippen LogP) is 13.7. The zero-order valence-corrected chi connectivity index (χ0v) is 27.1. The Morgan fingerprint density at radius 2 is 0.880 bits per heavy atom. The average Bonchev–Trinajstić information content (AvgIpc) is 3.52. The minimum atomic E-state index is 0.872. The molecule has 0 saturated heterocycles. The fourth-order valence-corrected chi connectivity index (χ4v) is 8.48. The van der Waals surface area contributed by atoms with Crippen LogP contribution in [-0.2, 0) is 0 Å². The number of benzene rings is 8. The van der Waals surface area contributed by atoms with Crippen molar-refractivity contribution in [1.29, 1.82) is 0 Å². The number of anilines is 3. The lowest BCUT2D eigenvalue weighted by atomic mass is 9.83. The maximum Gasteiger partial charge on any atom is 0.159 e. The predicted molar refractivity (Wildman–Crippen MR) is 208 cm³/mol. The van der Waals surface area contributed by atoms with Crippen molar-refractivity contribution in [3.05, 3.63) is 176 Å². The molecule has 2 aliphatic rings. The van der Waals surface area contributed by atoms with Crippen LogP contribution in [0.15, 0.2) is 180 Å². The fraction of sp³-hybridized carbons (Fsp3) is 0. The average molecular weight is 636 g/mol. The molecule has 232 valence electrons. The minimum Gasteiger partial charge on any atom is -0.454 e. The van der Waals surface area contributed by atoms with Crippen LogP contribution in [0.25, 0.3) is 88.7 Å². The number of hydrogen-bond acceptors (Lipinski definition) is 2. The zero-order valence-electron chi connectivity index (χ0n) is 27.1. The van der Waals surface area contributed by atoms with Crippen molar-refractivity contribution >= 4 is 39.0 Å². The number of fused-ring (bicyclic) bond motifs is 7. The van der Waals surface area contributed by atoms with E-state index in [0.717, 1.165) is 44.6 Å². The van der Waals surface area contributed by atoms with E-state index in [1.165, 1.54) is 61.2 Å². The van der Waals surface area contributed by atoms with Crippen LogP contribution in [0.4, 0.5) is 17.1 Å². The van der Waals surface area contributed by atoms with Crippen LogP contribution in [0, 0.1) is 0 Å². The molecule has 50 heavy (non-hydrogen) atoms. The van der Waals surface area contributed by atoms with E-state index in [1.807, 2.05) is 6.07 Å². The molecule has 0 fully saturated rings. The van der Waals surface area contributed by atoms with Crippen LogP contribution in [0.5, 0.6) is 0 Å². The number of para-hydroxylation sites is 3. The van der Waals surface area contributed by atoms with Crippen LogP contribution in [0.3, 0.4) is 0 Å². The van der Waals surface area contributed by atoms with Gasteiger partial charge in [0.1, 0.15) is 5.58 Å². The second-order valence-electron chi connectivity index (χ2n) is 13.2. The van der Waals surface area contributed by atoms with Crippen LogP contribution < -0.4 is 4.90 Å². The first kappa shape index (κ1) is 27.3. The number of nitrogens with zero attached hydrogens (tertiary/aromatic N) is 1. The van der Waals surface area contributed by atoms with Gasteiger partial charge in [-0.3, -0.25) is 0 Å².